The molecule has 1 aliphatic carbocycles. The van der Waals surface area contributed by atoms with Gasteiger partial charge in [0, 0.05) is 25.7 Å². The maximum absolute atomic E-state index is 12.7. The molecule has 7 nitrogen and oxygen atoms in total. The Hall–Kier alpha value is -1.64. The van der Waals surface area contributed by atoms with Crippen molar-refractivity contribution in [3.05, 3.63) is 35.4 Å². The van der Waals surface area contributed by atoms with E-state index in [1.165, 1.54) is 10.7 Å². The van der Waals surface area contributed by atoms with Crippen LogP contribution in [0.3, 0.4) is 0 Å². The molecule has 8 heteroatoms. The Bertz CT molecular complexity index is 762. The van der Waals surface area contributed by atoms with E-state index in [0.717, 1.165) is 30.4 Å². The molecule has 156 valence electrons. The number of benzene rings is 1. The summed E-state index contributed by atoms with van der Waals surface area (Å²) in [5, 5.41) is 5.96. The van der Waals surface area contributed by atoms with E-state index in [9.17, 15) is 13.2 Å². The van der Waals surface area contributed by atoms with Gasteiger partial charge in [-0.05, 0) is 29.9 Å². The quantitative estimate of drug-likeness (QED) is 0.754. The van der Waals surface area contributed by atoms with Gasteiger partial charge in [0.25, 0.3) is 0 Å². The van der Waals surface area contributed by atoms with Crippen LogP contribution in [0.25, 0.3) is 0 Å². The third-order valence-electron chi connectivity index (χ3n) is 5.69. The third-order valence-corrected chi connectivity index (χ3v) is 7.51. The third kappa shape index (κ3) is 5.68. The molecule has 0 aromatic heterocycles. The van der Waals surface area contributed by atoms with Gasteiger partial charge in [-0.15, -0.1) is 0 Å². The first-order valence-corrected chi connectivity index (χ1v) is 11.7. The van der Waals surface area contributed by atoms with Crippen molar-refractivity contribution in [1.29, 1.82) is 0 Å². The Morgan fingerprint density at radius 2 is 1.82 bits per heavy atom. The summed E-state index contributed by atoms with van der Waals surface area (Å²) in [5.41, 5.74) is 1.55. The van der Waals surface area contributed by atoms with E-state index in [0.29, 0.717) is 38.8 Å². The Balaban J connectivity index is 1.58. The van der Waals surface area contributed by atoms with E-state index >= 15 is 0 Å². The second-order valence-electron chi connectivity index (χ2n) is 7.73. The van der Waals surface area contributed by atoms with Crippen LogP contribution in [0.2, 0.25) is 0 Å². The summed E-state index contributed by atoms with van der Waals surface area (Å²) in [6.07, 6.45) is 4.54. The molecule has 2 unspecified atom stereocenters. The molecule has 1 saturated heterocycles. The number of hydrogen-bond donors (Lipinski definition) is 2. The molecule has 28 heavy (non-hydrogen) atoms. The largest absolute Gasteiger partial charge is 0.379 e. The Morgan fingerprint density at radius 1 is 1.14 bits per heavy atom. The SMILES string of the molecule is CC1CCCCC1NC(=O)NCc1ccccc1CS(=O)(=O)N1CCOCC1. The molecule has 2 atom stereocenters. The molecular weight excluding hydrogens is 378 g/mol. The first kappa shape index (κ1) is 21.1. The van der Waals surface area contributed by atoms with Gasteiger partial charge in [-0.25, -0.2) is 13.2 Å². The monoisotopic (exact) mass is 409 g/mol. The molecule has 1 saturated carbocycles. The number of urea groups is 1. The molecule has 1 aliphatic heterocycles. The van der Waals surface area contributed by atoms with Crippen LogP contribution >= 0.6 is 0 Å². The first-order chi connectivity index (χ1) is 13.5. The van der Waals surface area contributed by atoms with Crippen molar-refractivity contribution in [2.45, 2.75) is 50.9 Å². The van der Waals surface area contributed by atoms with Gasteiger partial charge in [-0.2, -0.15) is 4.31 Å². The predicted octanol–water partition coefficient (Wildman–Crippen LogP) is 2.23. The van der Waals surface area contributed by atoms with Gasteiger partial charge in [0.15, 0.2) is 0 Å². The molecule has 2 amide bonds. The highest BCUT2D eigenvalue weighted by Gasteiger charge is 2.26. The van der Waals surface area contributed by atoms with Gasteiger partial charge >= 0.3 is 6.03 Å². The van der Waals surface area contributed by atoms with Crippen molar-refractivity contribution < 1.29 is 17.9 Å². The number of carbonyl (C=O) groups excluding carboxylic acids is 1. The second kappa shape index (κ2) is 9.71. The van der Waals surface area contributed by atoms with Crippen LogP contribution in [0.4, 0.5) is 4.79 Å². The number of morpholine rings is 1. The maximum Gasteiger partial charge on any atom is 0.315 e. The Labute approximate surface area is 167 Å². The van der Waals surface area contributed by atoms with E-state index in [-0.39, 0.29) is 17.8 Å². The van der Waals surface area contributed by atoms with Crippen LogP contribution in [0.15, 0.2) is 24.3 Å². The van der Waals surface area contributed by atoms with E-state index in [1.807, 2.05) is 24.3 Å². The standard InChI is InChI=1S/C20H31N3O4S/c1-16-6-2-5-9-19(16)22-20(24)21-14-17-7-3-4-8-18(17)15-28(25,26)23-10-12-27-13-11-23/h3-4,7-8,16,19H,2,5-6,9-15H2,1H3,(H2,21,22,24). The molecule has 0 radical (unpaired) electrons. The van der Waals surface area contributed by atoms with Gasteiger partial charge in [-0.1, -0.05) is 44.0 Å². The molecule has 2 fully saturated rings. The fourth-order valence-corrected chi connectivity index (χ4v) is 5.47. The van der Waals surface area contributed by atoms with Gasteiger partial charge < -0.3 is 15.4 Å². The van der Waals surface area contributed by atoms with Crippen molar-refractivity contribution in [1.82, 2.24) is 14.9 Å². The number of hydrogen-bond acceptors (Lipinski definition) is 4. The highest BCUT2D eigenvalue weighted by molar-refractivity contribution is 7.88. The highest BCUT2D eigenvalue weighted by Crippen LogP contribution is 2.23. The number of sulfonamides is 1. The fourth-order valence-electron chi connectivity index (χ4n) is 3.91. The van der Waals surface area contributed by atoms with Gasteiger partial charge in [0.05, 0.1) is 19.0 Å². The molecule has 0 spiro atoms. The number of carbonyl (C=O) groups is 1. The van der Waals surface area contributed by atoms with Gasteiger partial charge in [0.1, 0.15) is 0 Å². The zero-order chi connectivity index (χ0) is 20.0. The topological polar surface area (TPSA) is 87.7 Å². The van der Waals surface area contributed by atoms with E-state index in [2.05, 4.69) is 17.6 Å². The summed E-state index contributed by atoms with van der Waals surface area (Å²) in [5.74, 6) is 0.428. The summed E-state index contributed by atoms with van der Waals surface area (Å²) in [6, 6.07) is 7.40. The van der Waals surface area contributed by atoms with Crippen molar-refractivity contribution in [3.63, 3.8) is 0 Å². The minimum absolute atomic E-state index is 0.0634. The maximum atomic E-state index is 12.7. The summed E-state index contributed by atoms with van der Waals surface area (Å²) in [4.78, 5) is 12.3. The lowest BCUT2D eigenvalue weighted by Gasteiger charge is -2.29. The van der Waals surface area contributed by atoms with Gasteiger partial charge in [0.2, 0.25) is 10.0 Å². The van der Waals surface area contributed by atoms with Crippen LogP contribution in [0.5, 0.6) is 0 Å². The van der Waals surface area contributed by atoms with Crippen molar-refractivity contribution in [3.8, 4) is 0 Å². The fraction of sp³-hybridized carbons (Fsp3) is 0.650. The van der Waals surface area contributed by atoms with E-state index in [1.54, 1.807) is 0 Å². The normalized spacial score (nSPS) is 23.9. The zero-order valence-electron chi connectivity index (χ0n) is 16.5. The van der Waals surface area contributed by atoms with Crippen molar-refractivity contribution >= 4 is 16.1 Å². The molecule has 0 bridgehead atoms. The molecule has 1 heterocycles. The van der Waals surface area contributed by atoms with E-state index < -0.39 is 10.0 Å². The predicted molar refractivity (Wildman–Crippen MR) is 108 cm³/mol. The molecule has 2 N–H and O–H groups in total. The van der Waals surface area contributed by atoms with Crippen molar-refractivity contribution in [2.75, 3.05) is 26.3 Å². The van der Waals surface area contributed by atoms with Gasteiger partial charge in [-0.3, -0.25) is 0 Å². The van der Waals surface area contributed by atoms with Crippen LogP contribution in [0, 0.1) is 5.92 Å². The number of rotatable bonds is 6. The number of amides is 2. The lowest BCUT2D eigenvalue weighted by molar-refractivity contribution is 0.0729. The molecule has 3 rings (SSSR count). The molecular formula is C20H31N3O4S. The summed E-state index contributed by atoms with van der Waals surface area (Å²) < 4.78 is 32.2. The summed E-state index contributed by atoms with van der Waals surface area (Å²) in [6.45, 7) is 4.14. The zero-order valence-corrected chi connectivity index (χ0v) is 17.3. The molecule has 1 aromatic rings. The Morgan fingerprint density at radius 3 is 2.54 bits per heavy atom. The van der Waals surface area contributed by atoms with Crippen LogP contribution < -0.4 is 10.6 Å². The smallest absolute Gasteiger partial charge is 0.315 e. The second-order valence-corrected chi connectivity index (χ2v) is 9.70. The minimum atomic E-state index is -3.40. The number of ether oxygens (including phenoxy) is 1. The minimum Gasteiger partial charge on any atom is -0.379 e. The lowest BCUT2D eigenvalue weighted by Crippen LogP contribution is -2.46. The van der Waals surface area contributed by atoms with Crippen LogP contribution in [-0.2, 0) is 27.1 Å². The first-order valence-electron chi connectivity index (χ1n) is 10.1. The summed E-state index contributed by atoms with van der Waals surface area (Å²) in [7, 11) is -3.40. The Kier molecular flexibility index (Phi) is 7.31. The lowest BCUT2D eigenvalue weighted by atomic mass is 9.86. The highest BCUT2D eigenvalue weighted by atomic mass is 32.2. The molecule has 2 aliphatic rings. The van der Waals surface area contributed by atoms with E-state index in [4.69, 9.17) is 4.74 Å². The average molecular weight is 410 g/mol. The van der Waals surface area contributed by atoms with Crippen molar-refractivity contribution in [2.24, 2.45) is 5.92 Å². The number of nitrogens with zero attached hydrogens (tertiary/aromatic N) is 1. The molecule has 1 aromatic carbocycles. The number of nitrogens with one attached hydrogen (secondary N) is 2. The van der Waals surface area contributed by atoms with Crippen LogP contribution in [-0.4, -0.2) is 51.1 Å². The van der Waals surface area contributed by atoms with Crippen LogP contribution in [0.1, 0.15) is 43.7 Å². The summed E-state index contributed by atoms with van der Waals surface area (Å²) >= 11 is 0. The average Bonchev–Trinajstić information content (AvgIpc) is 2.69.